The van der Waals surface area contributed by atoms with Crippen molar-refractivity contribution in [2.24, 2.45) is 0 Å². The third-order valence-corrected chi connectivity index (χ3v) is 6.35. The van der Waals surface area contributed by atoms with Crippen molar-refractivity contribution in [1.29, 1.82) is 0 Å². The van der Waals surface area contributed by atoms with Gasteiger partial charge in [0.1, 0.15) is 0 Å². The molecule has 0 aliphatic carbocycles. The van der Waals surface area contributed by atoms with Crippen LogP contribution >= 0.6 is 0 Å². The van der Waals surface area contributed by atoms with Crippen molar-refractivity contribution in [2.45, 2.75) is 32.7 Å². The average Bonchev–Trinajstić information content (AvgIpc) is 2.47. The lowest BCUT2D eigenvalue weighted by Crippen LogP contribution is -2.42. The molecule has 6 heteroatoms. The van der Waals surface area contributed by atoms with Gasteiger partial charge in [0.25, 0.3) is 0 Å². The van der Waals surface area contributed by atoms with E-state index in [1.54, 1.807) is 21.3 Å². The molecule has 5 nitrogen and oxygen atoms in total. The molecule has 0 atom stereocenters. The Bertz CT molecular complexity index is 192. The molecule has 19 heavy (non-hydrogen) atoms. The molecule has 0 saturated heterocycles. The lowest BCUT2D eigenvalue weighted by Gasteiger charge is -2.24. The van der Waals surface area contributed by atoms with Crippen LogP contribution in [0.2, 0.25) is 6.04 Å². The molecule has 0 bridgehead atoms. The molecular weight excluding hydrogens is 260 g/mol. The van der Waals surface area contributed by atoms with Gasteiger partial charge in [0, 0.05) is 40.5 Å². The first-order chi connectivity index (χ1) is 9.17. The first kappa shape index (κ1) is 19.0. The van der Waals surface area contributed by atoms with Gasteiger partial charge in [-0.15, -0.1) is 0 Å². The van der Waals surface area contributed by atoms with E-state index in [0.717, 1.165) is 51.6 Å². The second kappa shape index (κ2) is 11.8. The molecule has 1 N–H and O–H groups in total. The summed E-state index contributed by atoms with van der Waals surface area (Å²) in [4.78, 5) is 2.42. The largest absolute Gasteiger partial charge is 0.500 e. The van der Waals surface area contributed by atoms with Crippen LogP contribution in [0.25, 0.3) is 0 Å². The summed E-state index contributed by atoms with van der Waals surface area (Å²) in [7, 11) is 2.65. The summed E-state index contributed by atoms with van der Waals surface area (Å²) in [6.07, 6.45) is 2.20. The Labute approximate surface area is 120 Å². The number of unbranched alkanes of at least 4 members (excludes halogenated alkanes) is 1. The van der Waals surface area contributed by atoms with Crippen LogP contribution in [-0.4, -0.2) is 67.8 Å². The minimum absolute atomic E-state index is 0.883. The summed E-state index contributed by atoms with van der Waals surface area (Å²) in [5.41, 5.74) is 0. The highest BCUT2D eigenvalue weighted by Gasteiger charge is 2.36. The van der Waals surface area contributed by atoms with E-state index >= 15 is 0 Å². The van der Waals surface area contributed by atoms with Gasteiger partial charge in [-0.05, 0) is 32.5 Å². The van der Waals surface area contributed by atoms with Crippen LogP contribution in [-0.2, 0) is 13.3 Å². The Kier molecular flexibility index (Phi) is 11.8. The number of likely N-dealkylation sites (N-methyl/N-ethyl adjacent to an activating group) is 1. The van der Waals surface area contributed by atoms with Gasteiger partial charge in [0.05, 0.1) is 0 Å². The van der Waals surface area contributed by atoms with Gasteiger partial charge in [0.15, 0.2) is 0 Å². The molecule has 0 radical (unpaired) electrons. The number of nitrogens with one attached hydrogen (secondary N) is 1. The van der Waals surface area contributed by atoms with Gasteiger partial charge in [-0.25, -0.2) is 0 Å². The summed E-state index contributed by atoms with van der Waals surface area (Å²) in [6, 6.07) is 0.883. The Morgan fingerprint density at radius 2 is 1.47 bits per heavy atom. The van der Waals surface area contributed by atoms with Crippen LogP contribution in [0.4, 0.5) is 0 Å². The zero-order valence-corrected chi connectivity index (χ0v) is 14.3. The summed E-state index contributed by atoms with van der Waals surface area (Å²) in [5, 5.41) is 3.48. The van der Waals surface area contributed by atoms with Gasteiger partial charge >= 0.3 is 8.80 Å². The molecule has 0 aromatic rings. The van der Waals surface area contributed by atoms with E-state index in [9.17, 15) is 0 Å². The Hall–Kier alpha value is 0.0169. The van der Waals surface area contributed by atoms with E-state index in [4.69, 9.17) is 13.3 Å². The number of nitrogens with zero attached hydrogens (tertiary/aromatic N) is 1. The zero-order chi connectivity index (χ0) is 14.6. The molecule has 0 heterocycles. The highest BCUT2D eigenvalue weighted by Crippen LogP contribution is 2.15. The first-order valence-corrected chi connectivity index (χ1v) is 9.19. The van der Waals surface area contributed by atoms with Crippen molar-refractivity contribution in [3.8, 4) is 0 Å². The number of hydrogen-bond acceptors (Lipinski definition) is 5. The van der Waals surface area contributed by atoms with E-state index in [2.05, 4.69) is 24.1 Å². The van der Waals surface area contributed by atoms with Gasteiger partial charge in [0.2, 0.25) is 0 Å². The fourth-order valence-corrected chi connectivity index (χ4v) is 3.85. The van der Waals surface area contributed by atoms with Crippen molar-refractivity contribution in [3.63, 3.8) is 0 Å². The van der Waals surface area contributed by atoms with E-state index in [1.165, 1.54) is 0 Å². The maximum Gasteiger partial charge on any atom is 0.500 e. The molecule has 0 aromatic carbocycles. The monoisotopic (exact) mass is 292 g/mol. The predicted octanol–water partition coefficient (Wildman–Crippen LogP) is 1.58. The molecule has 0 fully saturated rings. The highest BCUT2D eigenvalue weighted by atomic mass is 28.4. The normalized spacial score (nSPS) is 12.3. The summed E-state index contributed by atoms with van der Waals surface area (Å²) < 4.78 is 16.2. The highest BCUT2D eigenvalue weighted by molar-refractivity contribution is 6.60. The van der Waals surface area contributed by atoms with Crippen molar-refractivity contribution in [2.75, 3.05) is 54.1 Å². The molecule has 0 unspecified atom stereocenters. The third kappa shape index (κ3) is 8.01. The van der Waals surface area contributed by atoms with Crippen molar-refractivity contribution >= 4 is 8.80 Å². The van der Waals surface area contributed by atoms with Crippen LogP contribution in [0, 0.1) is 0 Å². The maximum absolute atomic E-state index is 5.39. The lowest BCUT2D eigenvalue weighted by atomic mass is 10.3. The van der Waals surface area contributed by atoms with E-state index in [0.29, 0.717) is 0 Å². The molecular formula is C13H32N2O3Si. The first-order valence-electron chi connectivity index (χ1n) is 7.26. The molecule has 0 aliphatic heterocycles. The minimum atomic E-state index is -2.35. The maximum atomic E-state index is 5.39. The molecule has 116 valence electrons. The standard InChI is InChI=1S/C13H32N2O3Si/c1-6-15(7-2)12-11-14-10-8-9-13-19(16-3,17-4)18-5/h14H,6-13H2,1-5H3. The SMILES string of the molecule is CCN(CC)CCNCCCC[Si](OC)(OC)OC. The fraction of sp³-hybridized carbons (Fsp3) is 1.00. The molecule has 0 amide bonds. The predicted molar refractivity (Wildman–Crippen MR) is 81.5 cm³/mol. The van der Waals surface area contributed by atoms with Crippen LogP contribution in [0.5, 0.6) is 0 Å². The Morgan fingerprint density at radius 3 is 1.95 bits per heavy atom. The van der Waals surface area contributed by atoms with Gasteiger partial charge in [-0.2, -0.15) is 0 Å². The van der Waals surface area contributed by atoms with Crippen LogP contribution in [0.3, 0.4) is 0 Å². The molecule has 0 spiro atoms. The summed E-state index contributed by atoms with van der Waals surface area (Å²) >= 11 is 0. The van der Waals surface area contributed by atoms with Crippen LogP contribution in [0.1, 0.15) is 26.7 Å². The van der Waals surface area contributed by atoms with Crippen molar-refractivity contribution in [1.82, 2.24) is 10.2 Å². The second-order valence-electron chi connectivity index (χ2n) is 4.53. The van der Waals surface area contributed by atoms with E-state index in [-0.39, 0.29) is 0 Å². The van der Waals surface area contributed by atoms with Gasteiger partial charge in [-0.3, -0.25) is 0 Å². The van der Waals surface area contributed by atoms with Crippen molar-refractivity contribution in [3.05, 3.63) is 0 Å². The van der Waals surface area contributed by atoms with Crippen LogP contribution in [0.15, 0.2) is 0 Å². The quantitative estimate of drug-likeness (QED) is 0.412. The second-order valence-corrected chi connectivity index (χ2v) is 7.62. The zero-order valence-electron chi connectivity index (χ0n) is 13.3. The Balaban J connectivity index is 3.54. The van der Waals surface area contributed by atoms with Gasteiger partial charge in [-0.1, -0.05) is 13.8 Å². The molecule has 0 aromatic heterocycles. The number of rotatable bonds is 13. The molecule has 0 aliphatic rings. The molecule has 0 saturated carbocycles. The number of hydrogen-bond donors (Lipinski definition) is 1. The van der Waals surface area contributed by atoms with E-state index < -0.39 is 8.80 Å². The van der Waals surface area contributed by atoms with Crippen molar-refractivity contribution < 1.29 is 13.3 Å². The fourth-order valence-electron chi connectivity index (χ4n) is 2.05. The smallest absolute Gasteiger partial charge is 0.377 e. The summed E-state index contributed by atoms with van der Waals surface area (Å²) in [5.74, 6) is 0. The topological polar surface area (TPSA) is 43.0 Å². The van der Waals surface area contributed by atoms with Gasteiger partial charge < -0.3 is 23.5 Å². The Morgan fingerprint density at radius 1 is 0.895 bits per heavy atom. The van der Waals surface area contributed by atoms with E-state index in [1.807, 2.05) is 0 Å². The molecule has 0 rings (SSSR count). The minimum Gasteiger partial charge on any atom is -0.377 e. The van der Waals surface area contributed by atoms with Crippen LogP contribution < -0.4 is 5.32 Å². The lowest BCUT2D eigenvalue weighted by molar-refractivity contribution is 0.123. The third-order valence-electron chi connectivity index (χ3n) is 3.52. The summed E-state index contributed by atoms with van der Waals surface area (Å²) in [6.45, 7) is 9.89. The average molecular weight is 292 g/mol.